The number of benzene rings is 1. The summed E-state index contributed by atoms with van der Waals surface area (Å²) in [7, 11) is 0. The number of nitrogens with zero attached hydrogens (tertiary/aromatic N) is 2. The molecule has 0 unspecified atom stereocenters. The predicted molar refractivity (Wildman–Crippen MR) is 82.7 cm³/mol. The summed E-state index contributed by atoms with van der Waals surface area (Å²) >= 11 is 6.00. The van der Waals surface area contributed by atoms with Crippen LogP contribution >= 0.6 is 11.6 Å². The van der Waals surface area contributed by atoms with Gasteiger partial charge in [0.1, 0.15) is 0 Å². The van der Waals surface area contributed by atoms with Gasteiger partial charge in [-0.1, -0.05) is 48.2 Å². The van der Waals surface area contributed by atoms with E-state index in [4.69, 9.17) is 16.1 Å². The van der Waals surface area contributed by atoms with Crippen LogP contribution in [0.1, 0.15) is 60.1 Å². The Morgan fingerprint density at radius 2 is 2.05 bits per heavy atom. The second-order valence-electron chi connectivity index (χ2n) is 5.55. The number of amides is 1. The summed E-state index contributed by atoms with van der Waals surface area (Å²) in [5, 5.41) is 7.14. The Kier molecular flexibility index (Phi) is 4.73. The molecule has 6 heteroatoms. The Balaban J connectivity index is 1.59. The molecule has 1 saturated carbocycles. The Hall–Kier alpha value is -1.88. The average Bonchev–Trinajstić information content (AvgIpc) is 3.03. The van der Waals surface area contributed by atoms with E-state index < -0.39 is 0 Å². The molecule has 1 N–H and O–H groups in total. The van der Waals surface area contributed by atoms with Crippen LogP contribution < -0.4 is 5.32 Å². The van der Waals surface area contributed by atoms with E-state index in [1.54, 1.807) is 24.3 Å². The molecule has 0 atom stereocenters. The molecule has 0 aliphatic heterocycles. The molecule has 1 heterocycles. The van der Waals surface area contributed by atoms with Crippen LogP contribution in [0.25, 0.3) is 0 Å². The van der Waals surface area contributed by atoms with Gasteiger partial charge in [0.05, 0.1) is 17.1 Å². The Morgan fingerprint density at radius 1 is 1.27 bits per heavy atom. The molecular weight excluding hydrogens is 302 g/mol. The molecule has 1 amide bonds. The number of hydrogen-bond acceptors (Lipinski definition) is 4. The number of hydrogen-bond donors (Lipinski definition) is 1. The van der Waals surface area contributed by atoms with Gasteiger partial charge in [-0.25, -0.2) is 0 Å². The van der Waals surface area contributed by atoms with Crippen molar-refractivity contribution in [3.63, 3.8) is 0 Å². The van der Waals surface area contributed by atoms with Crippen molar-refractivity contribution in [1.29, 1.82) is 0 Å². The van der Waals surface area contributed by atoms with E-state index in [0.29, 0.717) is 28.2 Å². The third kappa shape index (κ3) is 3.47. The average molecular weight is 320 g/mol. The first kappa shape index (κ1) is 15.0. The summed E-state index contributed by atoms with van der Waals surface area (Å²) in [6.07, 6.45) is 5.92. The van der Waals surface area contributed by atoms with Crippen molar-refractivity contribution in [1.82, 2.24) is 15.5 Å². The van der Waals surface area contributed by atoms with Gasteiger partial charge in [-0.3, -0.25) is 4.79 Å². The first-order chi connectivity index (χ1) is 10.7. The lowest BCUT2D eigenvalue weighted by atomic mass is 9.89. The van der Waals surface area contributed by atoms with Crippen molar-refractivity contribution in [2.75, 3.05) is 0 Å². The highest BCUT2D eigenvalue weighted by atomic mass is 35.5. The first-order valence-electron chi connectivity index (χ1n) is 7.59. The van der Waals surface area contributed by atoms with Crippen molar-refractivity contribution < 1.29 is 9.32 Å². The first-order valence-corrected chi connectivity index (χ1v) is 7.97. The van der Waals surface area contributed by atoms with Crippen LogP contribution in [0.5, 0.6) is 0 Å². The predicted octanol–water partition coefficient (Wildman–Crippen LogP) is 3.70. The molecule has 0 saturated heterocycles. The lowest BCUT2D eigenvalue weighted by molar-refractivity contribution is 0.0950. The fraction of sp³-hybridized carbons (Fsp3) is 0.438. The van der Waals surface area contributed by atoms with Crippen molar-refractivity contribution in [2.24, 2.45) is 0 Å². The third-order valence-corrected chi connectivity index (χ3v) is 4.29. The second-order valence-corrected chi connectivity index (χ2v) is 5.95. The molecule has 0 bridgehead atoms. The highest BCUT2D eigenvalue weighted by molar-refractivity contribution is 6.33. The molecule has 5 nitrogen and oxygen atoms in total. The summed E-state index contributed by atoms with van der Waals surface area (Å²) in [5.41, 5.74) is 0.445. The van der Waals surface area contributed by atoms with Gasteiger partial charge in [-0.2, -0.15) is 4.98 Å². The van der Waals surface area contributed by atoms with Crippen LogP contribution in [0.4, 0.5) is 0 Å². The van der Waals surface area contributed by atoms with Crippen LogP contribution in [0.2, 0.25) is 5.02 Å². The van der Waals surface area contributed by atoms with Gasteiger partial charge < -0.3 is 9.84 Å². The summed E-state index contributed by atoms with van der Waals surface area (Å²) in [5.74, 6) is 1.33. The number of halogens is 1. The standard InChI is InChI=1S/C16H18ClN3O2/c17-13-9-5-4-8-12(13)15(21)18-10-14-19-16(22-20-14)11-6-2-1-3-7-11/h4-5,8-9,11H,1-3,6-7,10H2,(H,18,21). The normalized spacial score (nSPS) is 15.7. The van der Waals surface area contributed by atoms with Crippen LogP contribution in [-0.2, 0) is 6.54 Å². The molecule has 1 aromatic carbocycles. The van der Waals surface area contributed by atoms with Crippen molar-refractivity contribution in [2.45, 2.75) is 44.6 Å². The fourth-order valence-corrected chi connectivity index (χ4v) is 2.98. The van der Waals surface area contributed by atoms with Gasteiger partial charge >= 0.3 is 0 Å². The van der Waals surface area contributed by atoms with E-state index in [-0.39, 0.29) is 12.5 Å². The maximum Gasteiger partial charge on any atom is 0.253 e. The largest absolute Gasteiger partial charge is 0.345 e. The number of carbonyl (C=O) groups is 1. The lowest BCUT2D eigenvalue weighted by Crippen LogP contribution is -2.23. The summed E-state index contributed by atoms with van der Waals surface area (Å²) < 4.78 is 5.33. The number of aromatic nitrogens is 2. The maximum atomic E-state index is 12.1. The number of carbonyl (C=O) groups excluding carboxylic acids is 1. The number of rotatable bonds is 4. The van der Waals surface area contributed by atoms with Crippen LogP contribution in [0.3, 0.4) is 0 Å². The highest BCUT2D eigenvalue weighted by Crippen LogP contribution is 2.31. The Morgan fingerprint density at radius 3 is 2.82 bits per heavy atom. The molecule has 22 heavy (non-hydrogen) atoms. The molecule has 116 valence electrons. The molecule has 1 aromatic heterocycles. The highest BCUT2D eigenvalue weighted by Gasteiger charge is 2.21. The second kappa shape index (κ2) is 6.92. The van der Waals surface area contributed by atoms with Gasteiger partial charge in [0.15, 0.2) is 5.82 Å². The Bertz CT molecular complexity index is 650. The number of nitrogens with one attached hydrogen (secondary N) is 1. The molecule has 1 fully saturated rings. The molecule has 0 radical (unpaired) electrons. The summed E-state index contributed by atoms with van der Waals surface area (Å²) in [6, 6.07) is 6.93. The minimum Gasteiger partial charge on any atom is -0.345 e. The van der Waals surface area contributed by atoms with E-state index in [1.807, 2.05) is 0 Å². The third-order valence-electron chi connectivity index (χ3n) is 3.96. The summed E-state index contributed by atoms with van der Waals surface area (Å²) in [6.45, 7) is 0.236. The monoisotopic (exact) mass is 319 g/mol. The van der Waals surface area contributed by atoms with Gasteiger partial charge in [0.2, 0.25) is 5.89 Å². The van der Waals surface area contributed by atoms with Crippen molar-refractivity contribution >= 4 is 17.5 Å². The fourth-order valence-electron chi connectivity index (χ4n) is 2.75. The van der Waals surface area contributed by atoms with E-state index in [0.717, 1.165) is 12.8 Å². The summed E-state index contributed by atoms with van der Waals surface area (Å²) in [4.78, 5) is 16.5. The zero-order valence-electron chi connectivity index (χ0n) is 12.2. The SMILES string of the molecule is O=C(NCc1noc(C2CCCCC2)n1)c1ccccc1Cl. The topological polar surface area (TPSA) is 68.0 Å². The van der Waals surface area contributed by atoms with E-state index >= 15 is 0 Å². The molecule has 3 rings (SSSR count). The van der Waals surface area contributed by atoms with Crippen LogP contribution in [0.15, 0.2) is 28.8 Å². The molecule has 2 aromatic rings. The van der Waals surface area contributed by atoms with Gasteiger partial charge in [-0.05, 0) is 25.0 Å². The van der Waals surface area contributed by atoms with Crippen molar-refractivity contribution in [3.05, 3.63) is 46.6 Å². The zero-order chi connectivity index (χ0) is 15.4. The molecular formula is C16H18ClN3O2. The van der Waals surface area contributed by atoms with Gasteiger partial charge in [0, 0.05) is 5.92 Å². The van der Waals surface area contributed by atoms with Gasteiger partial charge in [0.25, 0.3) is 5.91 Å². The van der Waals surface area contributed by atoms with E-state index in [9.17, 15) is 4.79 Å². The molecule has 1 aliphatic rings. The molecule has 0 spiro atoms. The maximum absolute atomic E-state index is 12.1. The van der Waals surface area contributed by atoms with Crippen LogP contribution in [-0.4, -0.2) is 16.0 Å². The Labute approximate surface area is 134 Å². The molecule has 1 aliphatic carbocycles. The van der Waals surface area contributed by atoms with Gasteiger partial charge in [-0.15, -0.1) is 0 Å². The quantitative estimate of drug-likeness (QED) is 0.933. The van der Waals surface area contributed by atoms with E-state index in [1.165, 1.54) is 19.3 Å². The smallest absolute Gasteiger partial charge is 0.253 e. The minimum atomic E-state index is -0.241. The van der Waals surface area contributed by atoms with E-state index in [2.05, 4.69) is 15.5 Å². The minimum absolute atomic E-state index is 0.236. The van der Waals surface area contributed by atoms with Crippen LogP contribution in [0, 0.1) is 0 Å². The lowest BCUT2D eigenvalue weighted by Gasteiger charge is -2.17. The van der Waals surface area contributed by atoms with Crippen molar-refractivity contribution in [3.8, 4) is 0 Å². The zero-order valence-corrected chi connectivity index (χ0v) is 13.0.